The summed E-state index contributed by atoms with van der Waals surface area (Å²) in [5.74, 6) is 0. The van der Waals surface area contributed by atoms with Crippen molar-refractivity contribution in [2.75, 3.05) is 0 Å². The van der Waals surface area contributed by atoms with Gasteiger partial charge in [0.2, 0.25) is 0 Å². The van der Waals surface area contributed by atoms with E-state index < -0.39 is 0 Å². The van der Waals surface area contributed by atoms with Crippen LogP contribution in [-0.2, 0) is 0 Å². The summed E-state index contributed by atoms with van der Waals surface area (Å²) in [4.78, 5) is 8.65. The van der Waals surface area contributed by atoms with Crippen LogP contribution in [0.3, 0.4) is 0 Å². The predicted molar refractivity (Wildman–Crippen MR) is 82.7 cm³/mol. The fraction of sp³-hybridized carbons (Fsp3) is 0.412. The van der Waals surface area contributed by atoms with Crippen LogP contribution >= 0.6 is 0 Å². The molecule has 2 heterocycles. The third kappa shape index (κ3) is 3.23. The van der Waals surface area contributed by atoms with Crippen LogP contribution in [0.1, 0.15) is 54.0 Å². The Hall–Kier alpha value is -1.74. The van der Waals surface area contributed by atoms with Crippen molar-refractivity contribution >= 4 is 0 Å². The molecule has 0 radical (unpaired) electrons. The Morgan fingerprint density at radius 1 is 1.00 bits per heavy atom. The summed E-state index contributed by atoms with van der Waals surface area (Å²) < 4.78 is 0. The van der Waals surface area contributed by atoms with E-state index in [1.54, 1.807) is 0 Å². The SMILES string of the molecule is Cc1cc(C)c(C(C)N[C@H](C)c2ccncc2)c(C)n1. The lowest BCUT2D eigenvalue weighted by Gasteiger charge is -2.23. The maximum absolute atomic E-state index is 4.59. The zero-order valence-electron chi connectivity index (χ0n) is 12.9. The minimum absolute atomic E-state index is 0.270. The van der Waals surface area contributed by atoms with Gasteiger partial charge in [0.05, 0.1) is 0 Å². The zero-order chi connectivity index (χ0) is 14.7. The smallest absolute Gasteiger partial charge is 0.0426 e. The zero-order valence-corrected chi connectivity index (χ0v) is 12.9. The first-order valence-electron chi connectivity index (χ1n) is 7.09. The van der Waals surface area contributed by atoms with Gasteiger partial charge in [-0.25, -0.2) is 0 Å². The molecule has 0 spiro atoms. The molecule has 0 saturated carbocycles. The Labute approximate surface area is 121 Å². The molecule has 0 saturated heterocycles. The Morgan fingerprint density at radius 2 is 1.65 bits per heavy atom. The van der Waals surface area contributed by atoms with Crippen LogP contribution in [0.4, 0.5) is 0 Å². The van der Waals surface area contributed by atoms with E-state index in [-0.39, 0.29) is 12.1 Å². The number of hydrogen-bond donors (Lipinski definition) is 1. The van der Waals surface area contributed by atoms with Crippen molar-refractivity contribution in [1.82, 2.24) is 15.3 Å². The van der Waals surface area contributed by atoms with Gasteiger partial charge >= 0.3 is 0 Å². The highest BCUT2D eigenvalue weighted by Gasteiger charge is 2.15. The highest BCUT2D eigenvalue weighted by molar-refractivity contribution is 5.33. The van der Waals surface area contributed by atoms with E-state index >= 15 is 0 Å². The molecule has 0 fully saturated rings. The number of pyridine rings is 2. The van der Waals surface area contributed by atoms with Crippen molar-refractivity contribution in [2.24, 2.45) is 0 Å². The van der Waals surface area contributed by atoms with Gasteiger partial charge in [0.25, 0.3) is 0 Å². The van der Waals surface area contributed by atoms with E-state index in [0.717, 1.165) is 11.4 Å². The molecule has 0 aromatic carbocycles. The minimum atomic E-state index is 0.270. The molecule has 2 aromatic rings. The van der Waals surface area contributed by atoms with Gasteiger partial charge in [-0.05, 0) is 69.5 Å². The molecule has 0 aliphatic heterocycles. The summed E-state index contributed by atoms with van der Waals surface area (Å²) in [6.45, 7) is 10.7. The maximum atomic E-state index is 4.59. The Balaban J connectivity index is 2.19. The van der Waals surface area contributed by atoms with Gasteiger partial charge in [-0.1, -0.05) is 0 Å². The Bertz CT molecular complexity index is 555. The van der Waals surface area contributed by atoms with Crippen molar-refractivity contribution in [3.05, 3.63) is 58.7 Å². The first-order chi connectivity index (χ1) is 9.49. The number of nitrogens with one attached hydrogen (secondary N) is 1. The van der Waals surface area contributed by atoms with Crippen LogP contribution < -0.4 is 5.32 Å². The molecule has 3 nitrogen and oxygen atoms in total. The van der Waals surface area contributed by atoms with E-state index in [4.69, 9.17) is 0 Å². The number of aryl methyl sites for hydroxylation is 3. The van der Waals surface area contributed by atoms with Gasteiger partial charge in [0.15, 0.2) is 0 Å². The van der Waals surface area contributed by atoms with Crippen LogP contribution in [0.2, 0.25) is 0 Å². The van der Waals surface area contributed by atoms with Crippen molar-refractivity contribution in [3.63, 3.8) is 0 Å². The lowest BCUT2D eigenvalue weighted by molar-refractivity contribution is 0.490. The molecular formula is C17H23N3. The fourth-order valence-electron chi connectivity index (χ4n) is 2.89. The van der Waals surface area contributed by atoms with E-state index in [0.29, 0.717) is 0 Å². The summed E-state index contributed by atoms with van der Waals surface area (Å²) >= 11 is 0. The van der Waals surface area contributed by atoms with Gasteiger partial charge in [-0.2, -0.15) is 0 Å². The molecule has 1 unspecified atom stereocenters. The molecule has 0 aliphatic carbocycles. The maximum Gasteiger partial charge on any atom is 0.0426 e. The quantitative estimate of drug-likeness (QED) is 0.917. The molecule has 2 atom stereocenters. The first-order valence-corrected chi connectivity index (χ1v) is 7.09. The molecule has 0 aliphatic rings. The number of aromatic nitrogens is 2. The lowest BCUT2D eigenvalue weighted by atomic mass is 9.99. The second-order valence-electron chi connectivity index (χ2n) is 5.47. The molecule has 1 N–H and O–H groups in total. The molecule has 3 heteroatoms. The third-order valence-electron chi connectivity index (χ3n) is 3.72. The van der Waals surface area contributed by atoms with Gasteiger partial charge in [0, 0.05) is 35.9 Å². The van der Waals surface area contributed by atoms with Crippen LogP contribution in [0, 0.1) is 20.8 Å². The van der Waals surface area contributed by atoms with E-state index in [1.165, 1.54) is 16.7 Å². The summed E-state index contributed by atoms with van der Waals surface area (Å²) in [6, 6.07) is 6.81. The summed E-state index contributed by atoms with van der Waals surface area (Å²) in [5.41, 5.74) is 6.05. The molecule has 0 bridgehead atoms. The summed E-state index contributed by atoms with van der Waals surface area (Å²) in [7, 11) is 0. The molecule has 106 valence electrons. The lowest BCUT2D eigenvalue weighted by Crippen LogP contribution is -2.24. The topological polar surface area (TPSA) is 37.8 Å². The van der Waals surface area contributed by atoms with Crippen LogP contribution in [0.25, 0.3) is 0 Å². The predicted octanol–water partition coefficient (Wildman–Crippen LogP) is 3.81. The van der Waals surface area contributed by atoms with Crippen molar-refractivity contribution < 1.29 is 0 Å². The minimum Gasteiger partial charge on any atom is -0.304 e. The Kier molecular flexibility index (Phi) is 4.50. The van der Waals surface area contributed by atoms with Crippen LogP contribution in [0.15, 0.2) is 30.6 Å². The third-order valence-corrected chi connectivity index (χ3v) is 3.72. The van der Waals surface area contributed by atoms with Crippen molar-refractivity contribution in [3.8, 4) is 0 Å². The van der Waals surface area contributed by atoms with Crippen LogP contribution in [-0.4, -0.2) is 9.97 Å². The molecular weight excluding hydrogens is 246 g/mol. The first kappa shape index (κ1) is 14.7. The molecule has 2 aromatic heterocycles. The monoisotopic (exact) mass is 269 g/mol. The summed E-state index contributed by atoms with van der Waals surface area (Å²) in [5, 5.41) is 3.65. The van der Waals surface area contributed by atoms with E-state index in [1.807, 2.05) is 19.3 Å². The highest BCUT2D eigenvalue weighted by Crippen LogP contribution is 2.24. The number of hydrogen-bond acceptors (Lipinski definition) is 3. The largest absolute Gasteiger partial charge is 0.304 e. The standard InChI is InChI=1S/C17H23N3/c1-11-10-12(2)19-14(4)17(11)15(5)20-13(3)16-6-8-18-9-7-16/h6-10,13,15,20H,1-5H3/t13-,15?/m1/s1. The van der Waals surface area contributed by atoms with Gasteiger partial charge in [0.1, 0.15) is 0 Å². The van der Waals surface area contributed by atoms with E-state index in [9.17, 15) is 0 Å². The molecule has 0 amide bonds. The average Bonchev–Trinajstić information content (AvgIpc) is 2.38. The van der Waals surface area contributed by atoms with Gasteiger partial charge in [-0.3, -0.25) is 9.97 Å². The van der Waals surface area contributed by atoms with Crippen molar-refractivity contribution in [1.29, 1.82) is 0 Å². The second kappa shape index (κ2) is 6.14. The van der Waals surface area contributed by atoms with E-state index in [2.05, 4.69) is 61.2 Å². The average molecular weight is 269 g/mol. The van der Waals surface area contributed by atoms with Crippen LogP contribution in [0.5, 0.6) is 0 Å². The molecule has 2 rings (SSSR count). The number of nitrogens with zero attached hydrogens (tertiary/aromatic N) is 2. The van der Waals surface area contributed by atoms with Crippen molar-refractivity contribution in [2.45, 2.75) is 46.7 Å². The summed E-state index contributed by atoms with van der Waals surface area (Å²) in [6.07, 6.45) is 3.67. The Morgan fingerprint density at radius 3 is 2.25 bits per heavy atom. The molecule has 20 heavy (non-hydrogen) atoms. The van der Waals surface area contributed by atoms with Gasteiger partial charge in [-0.15, -0.1) is 0 Å². The fourth-order valence-corrected chi connectivity index (χ4v) is 2.89. The second-order valence-corrected chi connectivity index (χ2v) is 5.47. The normalized spacial score (nSPS) is 14.1. The number of rotatable bonds is 4. The van der Waals surface area contributed by atoms with Gasteiger partial charge < -0.3 is 5.32 Å². The highest BCUT2D eigenvalue weighted by atomic mass is 14.9.